The summed E-state index contributed by atoms with van der Waals surface area (Å²) in [6.45, 7) is 3.24. The molecule has 0 fully saturated rings. The summed E-state index contributed by atoms with van der Waals surface area (Å²) < 4.78 is 0. The quantitative estimate of drug-likeness (QED) is 0.465. The maximum atomic E-state index is 12.5. The molecule has 3 aromatic rings. The number of amides is 2. The van der Waals surface area contributed by atoms with E-state index in [2.05, 4.69) is 20.6 Å². The van der Waals surface area contributed by atoms with E-state index in [0.29, 0.717) is 26.3 Å². The van der Waals surface area contributed by atoms with Crippen molar-refractivity contribution in [1.29, 1.82) is 0 Å². The molecular formula is C24H21ClN4O3S. The molecular weight excluding hydrogens is 460 g/mol. The van der Waals surface area contributed by atoms with Gasteiger partial charge in [-0.25, -0.2) is 0 Å². The summed E-state index contributed by atoms with van der Waals surface area (Å²) in [5.74, 6) is -0.708. The van der Waals surface area contributed by atoms with Gasteiger partial charge >= 0.3 is 0 Å². The molecule has 0 atom stereocenters. The molecule has 0 spiro atoms. The van der Waals surface area contributed by atoms with Crippen LogP contribution in [0.15, 0.2) is 64.6 Å². The standard InChI is InChI=1S/C24H21ClN4O3S/c1-24(2,13-30)29-21(31)16-6-7-17(25)19(12-16)27-23-28-22(32)20(33-23)11-14-5-8-18-15(10-14)4-3-9-26-18/h3-12,30H,13H2,1-2H3,(H,29,31)(H,27,28,32)/b20-11-. The van der Waals surface area contributed by atoms with Crippen LogP contribution >= 0.6 is 23.4 Å². The molecule has 1 aliphatic heterocycles. The molecule has 2 amide bonds. The van der Waals surface area contributed by atoms with Crippen LogP contribution in [-0.2, 0) is 4.79 Å². The molecule has 1 aliphatic rings. The first kappa shape index (κ1) is 23.0. The number of carbonyl (C=O) groups excluding carboxylic acids is 2. The van der Waals surface area contributed by atoms with E-state index in [9.17, 15) is 14.7 Å². The summed E-state index contributed by atoms with van der Waals surface area (Å²) in [6.07, 6.45) is 3.51. The lowest BCUT2D eigenvalue weighted by atomic mass is 10.1. The third-order valence-electron chi connectivity index (χ3n) is 4.86. The molecule has 0 radical (unpaired) electrons. The van der Waals surface area contributed by atoms with Crippen molar-refractivity contribution in [2.24, 2.45) is 4.99 Å². The van der Waals surface area contributed by atoms with Gasteiger partial charge in [0.05, 0.1) is 33.3 Å². The Hall–Kier alpha value is -3.20. The van der Waals surface area contributed by atoms with Gasteiger partial charge in [0.1, 0.15) is 0 Å². The van der Waals surface area contributed by atoms with E-state index in [1.54, 1.807) is 44.3 Å². The first-order chi connectivity index (χ1) is 15.7. The van der Waals surface area contributed by atoms with Gasteiger partial charge in [0.2, 0.25) is 0 Å². The molecule has 0 aliphatic carbocycles. The first-order valence-electron chi connectivity index (χ1n) is 10.1. The highest BCUT2D eigenvalue weighted by atomic mass is 35.5. The van der Waals surface area contributed by atoms with E-state index in [-0.39, 0.29) is 18.4 Å². The van der Waals surface area contributed by atoms with Crippen LogP contribution in [0.4, 0.5) is 5.69 Å². The Labute approximate surface area is 200 Å². The van der Waals surface area contributed by atoms with Crippen LogP contribution in [-0.4, -0.2) is 39.2 Å². The lowest BCUT2D eigenvalue weighted by Gasteiger charge is -2.23. The van der Waals surface area contributed by atoms with Crippen LogP contribution in [0.3, 0.4) is 0 Å². The lowest BCUT2D eigenvalue weighted by molar-refractivity contribution is -0.113. The topological polar surface area (TPSA) is 104 Å². The normalized spacial score (nSPS) is 15.1. The summed E-state index contributed by atoms with van der Waals surface area (Å²) >= 11 is 7.49. The van der Waals surface area contributed by atoms with E-state index < -0.39 is 5.54 Å². The zero-order valence-corrected chi connectivity index (χ0v) is 19.5. The van der Waals surface area contributed by atoms with Crippen LogP contribution in [0.25, 0.3) is 17.0 Å². The van der Waals surface area contributed by atoms with Crippen LogP contribution in [0.5, 0.6) is 0 Å². The number of fused-ring (bicyclic) bond motifs is 1. The molecule has 0 saturated heterocycles. The Morgan fingerprint density at radius 3 is 2.82 bits per heavy atom. The Bertz CT molecular complexity index is 1320. The zero-order valence-electron chi connectivity index (χ0n) is 17.9. The van der Waals surface area contributed by atoms with Crippen LogP contribution in [0.2, 0.25) is 5.02 Å². The number of halogens is 1. The van der Waals surface area contributed by atoms with Gasteiger partial charge in [-0.2, -0.15) is 4.99 Å². The summed E-state index contributed by atoms with van der Waals surface area (Å²) in [4.78, 5) is 33.8. The summed E-state index contributed by atoms with van der Waals surface area (Å²) in [6, 6.07) is 14.3. The van der Waals surface area contributed by atoms with Gasteiger partial charge in [-0.05, 0) is 73.6 Å². The fourth-order valence-corrected chi connectivity index (χ4v) is 4.09. The molecule has 2 aromatic carbocycles. The molecule has 2 heterocycles. The van der Waals surface area contributed by atoms with Crippen LogP contribution in [0.1, 0.15) is 29.8 Å². The van der Waals surface area contributed by atoms with Gasteiger partial charge in [0.25, 0.3) is 11.8 Å². The third-order valence-corrected chi connectivity index (χ3v) is 6.09. The average Bonchev–Trinajstić information content (AvgIpc) is 3.13. The van der Waals surface area contributed by atoms with Gasteiger partial charge in [-0.15, -0.1) is 0 Å². The second kappa shape index (κ2) is 9.35. The number of hydrogen-bond acceptors (Lipinski definition) is 6. The molecule has 0 unspecified atom stereocenters. The van der Waals surface area contributed by atoms with Crippen molar-refractivity contribution in [3.8, 4) is 0 Å². The number of hydrogen-bond donors (Lipinski definition) is 3. The molecule has 4 rings (SSSR count). The first-order valence-corrected chi connectivity index (χ1v) is 11.3. The smallest absolute Gasteiger partial charge is 0.286 e. The summed E-state index contributed by atoms with van der Waals surface area (Å²) in [5, 5.41) is 16.9. The van der Waals surface area contributed by atoms with Gasteiger partial charge in [-0.3, -0.25) is 14.6 Å². The number of aromatic nitrogens is 1. The molecule has 33 heavy (non-hydrogen) atoms. The molecule has 1 aromatic heterocycles. The number of nitrogens with zero attached hydrogens (tertiary/aromatic N) is 2. The van der Waals surface area contributed by atoms with E-state index in [1.165, 1.54) is 11.8 Å². The predicted octanol–water partition coefficient (Wildman–Crippen LogP) is 4.47. The maximum Gasteiger partial charge on any atom is 0.286 e. The Kier molecular flexibility index (Phi) is 6.51. The Balaban J connectivity index is 1.51. The van der Waals surface area contributed by atoms with Crippen molar-refractivity contribution in [3.63, 3.8) is 0 Å². The Morgan fingerprint density at radius 1 is 1.21 bits per heavy atom. The fraction of sp³-hybridized carbons (Fsp3) is 0.167. The van der Waals surface area contributed by atoms with E-state index in [4.69, 9.17) is 11.6 Å². The highest BCUT2D eigenvalue weighted by Gasteiger charge is 2.24. The number of pyridine rings is 1. The van der Waals surface area contributed by atoms with Crippen LogP contribution < -0.4 is 10.6 Å². The number of rotatable bonds is 5. The monoisotopic (exact) mass is 480 g/mol. The number of anilines is 1. The second-order valence-corrected chi connectivity index (χ2v) is 9.54. The van der Waals surface area contributed by atoms with E-state index in [1.807, 2.05) is 30.3 Å². The van der Waals surface area contributed by atoms with Crippen molar-refractivity contribution in [2.45, 2.75) is 19.4 Å². The molecule has 7 nitrogen and oxygen atoms in total. The zero-order chi connectivity index (χ0) is 23.6. The number of amidine groups is 1. The van der Waals surface area contributed by atoms with Gasteiger partial charge in [-0.1, -0.05) is 23.7 Å². The molecule has 168 valence electrons. The molecule has 9 heteroatoms. The lowest BCUT2D eigenvalue weighted by Crippen LogP contribution is -2.46. The average molecular weight is 481 g/mol. The second-order valence-electron chi connectivity index (χ2n) is 8.10. The van der Waals surface area contributed by atoms with Crippen molar-refractivity contribution in [1.82, 2.24) is 10.3 Å². The molecule has 0 bridgehead atoms. The Morgan fingerprint density at radius 2 is 2.03 bits per heavy atom. The number of benzene rings is 2. The fourth-order valence-electron chi connectivity index (χ4n) is 3.09. The molecule has 0 saturated carbocycles. The SMILES string of the molecule is CC(C)(CO)NC(=O)c1ccc(Cl)c(NC2=NC(=O)/C(=C/c3ccc4ncccc4c3)S2)c1. The van der Waals surface area contributed by atoms with Gasteiger partial charge in [0, 0.05) is 17.1 Å². The number of nitrogens with one attached hydrogen (secondary N) is 2. The highest BCUT2D eigenvalue weighted by molar-refractivity contribution is 8.18. The number of aliphatic hydroxyl groups is 1. The number of aliphatic imine (C=N–C) groups is 1. The van der Waals surface area contributed by atoms with Crippen molar-refractivity contribution in [3.05, 3.63) is 75.8 Å². The minimum Gasteiger partial charge on any atom is -0.394 e. The minimum absolute atomic E-state index is 0.199. The number of aliphatic hydroxyl groups excluding tert-OH is 1. The number of carbonyl (C=O) groups is 2. The van der Waals surface area contributed by atoms with Gasteiger partial charge in [0.15, 0.2) is 5.17 Å². The largest absolute Gasteiger partial charge is 0.394 e. The van der Waals surface area contributed by atoms with Gasteiger partial charge < -0.3 is 15.7 Å². The van der Waals surface area contributed by atoms with Crippen molar-refractivity contribution in [2.75, 3.05) is 11.9 Å². The summed E-state index contributed by atoms with van der Waals surface area (Å²) in [7, 11) is 0. The van der Waals surface area contributed by atoms with Crippen molar-refractivity contribution < 1.29 is 14.7 Å². The van der Waals surface area contributed by atoms with E-state index >= 15 is 0 Å². The predicted molar refractivity (Wildman–Crippen MR) is 133 cm³/mol. The van der Waals surface area contributed by atoms with Crippen LogP contribution in [0, 0.1) is 0 Å². The number of thioether (sulfide) groups is 1. The maximum absolute atomic E-state index is 12.5. The van der Waals surface area contributed by atoms with Crippen molar-refractivity contribution >= 4 is 63.0 Å². The van der Waals surface area contributed by atoms with E-state index in [0.717, 1.165) is 16.5 Å². The summed E-state index contributed by atoms with van der Waals surface area (Å²) in [5.41, 5.74) is 1.79. The minimum atomic E-state index is -0.763. The molecule has 3 N–H and O–H groups in total. The third kappa shape index (κ3) is 5.42. The highest BCUT2D eigenvalue weighted by Crippen LogP contribution is 2.32.